The van der Waals surface area contributed by atoms with E-state index in [9.17, 15) is 0 Å². The van der Waals surface area contributed by atoms with Crippen LogP contribution in [0.25, 0.3) is 0 Å². The molecule has 0 atom stereocenters. The van der Waals surface area contributed by atoms with E-state index in [4.69, 9.17) is 11.6 Å². The van der Waals surface area contributed by atoms with E-state index >= 15 is 0 Å². The average molecular weight is 210 g/mol. The Morgan fingerprint density at radius 1 is 1.14 bits per heavy atom. The summed E-state index contributed by atoms with van der Waals surface area (Å²) < 4.78 is 0. The van der Waals surface area contributed by atoms with Gasteiger partial charge in [0.2, 0.25) is 0 Å². The van der Waals surface area contributed by atoms with Gasteiger partial charge in [-0.1, -0.05) is 50.1 Å². The van der Waals surface area contributed by atoms with Crippen LogP contribution in [0.5, 0.6) is 0 Å². The van der Waals surface area contributed by atoms with Crippen molar-refractivity contribution in [2.75, 3.05) is 0 Å². The van der Waals surface area contributed by atoms with E-state index in [0.29, 0.717) is 5.17 Å². The van der Waals surface area contributed by atoms with Gasteiger partial charge in [-0.25, -0.2) is 4.99 Å². The number of aliphatic imine (C=N–C) groups is 1. The maximum atomic E-state index is 6.08. The summed E-state index contributed by atoms with van der Waals surface area (Å²) in [6, 6.07) is 8.02. The molecule has 0 amide bonds. The molecule has 2 heteroatoms. The van der Waals surface area contributed by atoms with E-state index in [1.54, 1.807) is 0 Å². The molecule has 76 valence electrons. The van der Waals surface area contributed by atoms with E-state index in [-0.39, 0.29) is 5.41 Å². The molecule has 0 aliphatic rings. The first-order chi connectivity index (χ1) is 6.39. The largest absolute Gasteiger partial charge is 0.241 e. The van der Waals surface area contributed by atoms with Crippen LogP contribution in [0.2, 0.25) is 0 Å². The lowest BCUT2D eigenvalue weighted by Crippen LogP contribution is -2.13. The highest BCUT2D eigenvalue weighted by Gasteiger charge is 2.16. The number of benzene rings is 1. The predicted octanol–water partition coefficient (Wildman–Crippen LogP) is 4.31. The van der Waals surface area contributed by atoms with E-state index in [1.807, 2.05) is 45.0 Å². The van der Waals surface area contributed by atoms with Crippen LogP contribution in [0, 0.1) is 12.3 Å². The Labute approximate surface area is 90.8 Å². The van der Waals surface area contributed by atoms with Gasteiger partial charge in [0, 0.05) is 5.41 Å². The molecule has 0 bridgehead atoms. The summed E-state index contributed by atoms with van der Waals surface area (Å²) in [5.41, 5.74) is 2.07. The van der Waals surface area contributed by atoms with Gasteiger partial charge in [0.1, 0.15) is 5.17 Å². The summed E-state index contributed by atoms with van der Waals surface area (Å²) >= 11 is 6.08. The Morgan fingerprint density at radius 3 is 2.07 bits per heavy atom. The third-order valence-electron chi connectivity index (χ3n) is 1.88. The van der Waals surface area contributed by atoms with Crippen LogP contribution < -0.4 is 0 Å². The van der Waals surface area contributed by atoms with Gasteiger partial charge in [0.15, 0.2) is 0 Å². The van der Waals surface area contributed by atoms with Crippen LogP contribution >= 0.6 is 11.6 Å². The smallest absolute Gasteiger partial charge is 0.112 e. The summed E-state index contributed by atoms with van der Waals surface area (Å²) in [6.07, 6.45) is 0. The van der Waals surface area contributed by atoms with Crippen molar-refractivity contribution >= 4 is 22.5 Å². The summed E-state index contributed by atoms with van der Waals surface area (Å²) in [7, 11) is 0. The van der Waals surface area contributed by atoms with Crippen LogP contribution in [-0.2, 0) is 0 Å². The van der Waals surface area contributed by atoms with Crippen molar-refractivity contribution in [2.24, 2.45) is 10.4 Å². The first kappa shape index (κ1) is 11.3. The van der Waals surface area contributed by atoms with E-state index < -0.39 is 0 Å². The second kappa shape index (κ2) is 4.14. The van der Waals surface area contributed by atoms with Gasteiger partial charge in [-0.3, -0.25) is 0 Å². The highest BCUT2D eigenvalue weighted by Crippen LogP contribution is 2.23. The Morgan fingerprint density at radius 2 is 1.64 bits per heavy atom. The lowest BCUT2D eigenvalue weighted by molar-refractivity contribution is 0.601. The highest BCUT2D eigenvalue weighted by molar-refractivity contribution is 6.66. The van der Waals surface area contributed by atoms with Gasteiger partial charge in [-0.15, -0.1) is 0 Å². The number of aryl methyl sites for hydroxylation is 1. The summed E-state index contributed by atoms with van der Waals surface area (Å²) in [5, 5.41) is 0.640. The molecule has 0 aliphatic heterocycles. The molecule has 14 heavy (non-hydrogen) atoms. The second-order valence-electron chi connectivity index (χ2n) is 4.49. The van der Waals surface area contributed by atoms with E-state index in [1.165, 1.54) is 5.56 Å². The normalized spacial score (nSPS) is 13.1. The number of halogens is 1. The molecule has 0 fully saturated rings. The topological polar surface area (TPSA) is 12.4 Å². The molecule has 1 aromatic rings. The van der Waals surface area contributed by atoms with Gasteiger partial charge >= 0.3 is 0 Å². The molecule has 0 N–H and O–H groups in total. The molecule has 0 spiro atoms. The minimum absolute atomic E-state index is 0.0769. The van der Waals surface area contributed by atoms with E-state index in [2.05, 4.69) is 11.9 Å². The average Bonchev–Trinajstić information content (AvgIpc) is 2.07. The summed E-state index contributed by atoms with van der Waals surface area (Å²) in [5.74, 6) is 0. The zero-order valence-electron chi connectivity index (χ0n) is 9.13. The number of nitrogens with zero attached hydrogens (tertiary/aromatic N) is 1. The molecule has 0 radical (unpaired) electrons. The van der Waals surface area contributed by atoms with Gasteiger partial charge < -0.3 is 0 Å². The molecule has 0 heterocycles. The first-order valence-electron chi connectivity index (χ1n) is 4.71. The molecular weight excluding hydrogens is 194 g/mol. The fourth-order valence-electron chi connectivity index (χ4n) is 0.900. The van der Waals surface area contributed by atoms with Gasteiger partial charge in [-0.2, -0.15) is 0 Å². The Hall–Kier alpha value is -0.820. The minimum Gasteiger partial charge on any atom is -0.241 e. The van der Waals surface area contributed by atoms with Crippen molar-refractivity contribution in [3.05, 3.63) is 29.8 Å². The van der Waals surface area contributed by atoms with Crippen LogP contribution in [0.15, 0.2) is 29.3 Å². The van der Waals surface area contributed by atoms with Crippen LogP contribution in [0.4, 0.5) is 5.69 Å². The van der Waals surface area contributed by atoms with Crippen LogP contribution in [0.3, 0.4) is 0 Å². The molecule has 0 saturated heterocycles. The van der Waals surface area contributed by atoms with Crippen molar-refractivity contribution in [2.45, 2.75) is 27.7 Å². The number of hydrogen-bond acceptors (Lipinski definition) is 1. The lowest BCUT2D eigenvalue weighted by Gasteiger charge is -2.15. The van der Waals surface area contributed by atoms with E-state index in [0.717, 1.165) is 5.69 Å². The fourth-order valence-corrected chi connectivity index (χ4v) is 0.998. The molecule has 1 rings (SSSR count). The Kier molecular flexibility index (Phi) is 3.33. The summed E-state index contributed by atoms with van der Waals surface area (Å²) in [4.78, 5) is 4.35. The van der Waals surface area contributed by atoms with Crippen molar-refractivity contribution in [1.82, 2.24) is 0 Å². The molecule has 1 aromatic carbocycles. The second-order valence-corrected chi connectivity index (χ2v) is 4.85. The van der Waals surface area contributed by atoms with Crippen molar-refractivity contribution < 1.29 is 0 Å². The van der Waals surface area contributed by atoms with Gasteiger partial charge in [0.05, 0.1) is 5.69 Å². The maximum Gasteiger partial charge on any atom is 0.112 e. The minimum atomic E-state index is -0.0769. The fraction of sp³-hybridized carbons (Fsp3) is 0.417. The molecule has 0 unspecified atom stereocenters. The Bertz CT molecular complexity index is 330. The molecule has 0 aliphatic carbocycles. The SMILES string of the molecule is Cc1ccc(N=C(Cl)C(C)(C)C)cc1. The van der Waals surface area contributed by atoms with Gasteiger partial charge in [-0.05, 0) is 19.1 Å². The lowest BCUT2D eigenvalue weighted by atomic mass is 9.99. The summed E-state index contributed by atoms with van der Waals surface area (Å²) in [6.45, 7) is 8.20. The van der Waals surface area contributed by atoms with Crippen LogP contribution in [0.1, 0.15) is 26.3 Å². The number of rotatable bonds is 1. The maximum absolute atomic E-state index is 6.08. The molecule has 0 aromatic heterocycles. The zero-order valence-corrected chi connectivity index (χ0v) is 9.89. The third kappa shape index (κ3) is 3.15. The monoisotopic (exact) mass is 209 g/mol. The molecular formula is C12H16ClN. The molecule has 1 nitrogen and oxygen atoms in total. The predicted molar refractivity (Wildman–Crippen MR) is 63.6 cm³/mol. The first-order valence-corrected chi connectivity index (χ1v) is 5.09. The van der Waals surface area contributed by atoms with Crippen LogP contribution in [-0.4, -0.2) is 5.17 Å². The van der Waals surface area contributed by atoms with Crippen molar-refractivity contribution in [3.8, 4) is 0 Å². The van der Waals surface area contributed by atoms with Crippen molar-refractivity contribution in [1.29, 1.82) is 0 Å². The standard InChI is InChI=1S/C12H16ClN/c1-9-5-7-10(8-6-9)14-11(13)12(2,3)4/h5-8H,1-4H3. The quantitative estimate of drug-likeness (QED) is 0.612. The molecule has 0 saturated carbocycles. The third-order valence-corrected chi connectivity index (χ3v) is 2.53. The Balaban J connectivity index is 2.93. The highest BCUT2D eigenvalue weighted by atomic mass is 35.5. The van der Waals surface area contributed by atoms with Gasteiger partial charge in [0.25, 0.3) is 0 Å². The van der Waals surface area contributed by atoms with Crippen molar-refractivity contribution in [3.63, 3.8) is 0 Å². The zero-order chi connectivity index (χ0) is 10.8. The number of hydrogen-bond donors (Lipinski definition) is 0.